The van der Waals surface area contributed by atoms with Crippen molar-refractivity contribution in [1.82, 2.24) is 0 Å². The van der Waals surface area contributed by atoms with Crippen LogP contribution in [0.3, 0.4) is 0 Å². The first-order valence-electron chi connectivity index (χ1n) is 17.9. The third-order valence-electron chi connectivity index (χ3n) is 14.0. The number of aldehydes is 1. The van der Waals surface area contributed by atoms with Gasteiger partial charge in [0, 0.05) is 24.3 Å². The molecule has 0 aromatic heterocycles. The fourth-order valence-electron chi connectivity index (χ4n) is 11.3. The molecule has 0 spiro atoms. The number of hydrogen-bond acceptors (Lipinski definition) is 14. The van der Waals surface area contributed by atoms with Gasteiger partial charge in [0.05, 0.1) is 41.5 Å². The summed E-state index contributed by atoms with van der Waals surface area (Å²) in [5.41, 5.74) is -2.94. The van der Waals surface area contributed by atoms with Gasteiger partial charge in [-0.15, -0.1) is 0 Å². The lowest BCUT2D eigenvalue weighted by atomic mass is 9.41. The highest BCUT2D eigenvalue weighted by Crippen LogP contribution is 2.70. The summed E-state index contributed by atoms with van der Waals surface area (Å²) in [6, 6.07) is 0. The molecule has 17 atom stereocenters. The van der Waals surface area contributed by atoms with Crippen molar-refractivity contribution in [3.05, 3.63) is 11.6 Å². The molecule has 7 N–H and O–H groups in total. The molecule has 0 radical (unpaired) electrons. The van der Waals surface area contributed by atoms with Gasteiger partial charge in [-0.3, -0.25) is 0 Å². The summed E-state index contributed by atoms with van der Waals surface area (Å²) in [5.74, 6) is -0.688. The number of esters is 1. The standard InChI is InChI=1S/C35H52O14/c1-17-30(49-31-29(42)28(41)27(40)24(14-36)48-31)23(38)12-26(46-17)47-19-3-8-33(16-37)21-4-7-32(2)20(18-11-25(39)45-15-18)6-10-35(32,44)22(21)5-9-34(33,43)13-19/h11,16-17,19-24,26-31,36,38,40-44H,3-10,12-15H2,1-2H3/t17-,19-,20-,21+,22-,23+,24-,26+,27-,28+,29-,30+,31+,32-,33+,34+,35+/m1/s1. The lowest BCUT2D eigenvalue weighted by molar-refractivity contribution is -0.345. The molecule has 0 bridgehead atoms. The van der Waals surface area contributed by atoms with Crippen LogP contribution < -0.4 is 0 Å². The highest BCUT2D eigenvalue weighted by molar-refractivity contribution is 5.85. The molecule has 0 amide bonds. The van der Waals surface area contributed by atoms with Crippen molar-refractivity contribution in [2.45, 2.75) is 151 Å². The summed E-state index contributed by atoms with van der Waals surface area (Å²) in [6.45, 7) is 3.42. The van der Waals surface area contributed by atoms with Crippen LogP contribution in [0.2, 0.25) is 0 Å². The Morgan fingerprint density at radius 1 is 0.939 bits per heavy atom. The number of carbonyl (C=O) groups is 2. The van der Waals surface area contributed by atoms with Crippen LogP contribution in [0.5, 0.6) is 0 Å². The topological polar surface area (TPSA) is 222 Å². The first-order chi connectivity index (χ1) is 23.2. The van der Waals surface area contributed by atoms with E-state index in [1.165, 1.54) is 0 Å². The zero-order valence-corrected chi connectivity index (χ0v) is 28.1. The van der Waals surface area contributed by atoms with Gasteiger partial charge in [0.15, 0.2) is 12.6 Å². The minimum Gasteiger partial charge on any atom is -0.458 e. The van der Waals surface area contributed by atoms with Crippen LogP contribution in [0.15, 0.2) is 11.6 Å². The van der Waals surface area contributed by atoms with Gasteiger partial charge in [0.25, 0.3) is 0 Å². The summed E-state index contributed by atoms with van der Waals surface area (Å²) in [4.78, 5) is 25.0. The van der Waals surface area contributed by atoms with Crippen molar-refractivity contribution >= 4 is 12.3 Å². The first-order valence-corrected chi connectivity index (χ1v) is 17.9. The minimum absolute atomic E-state index is 0.00470. The predicted molar refractivity (Wildman–Crippen MR) is 166 cm³/mol. The fraction of sp³-hybridized carbons (Fsp3) is 0.886. The Balaban J connectivity index is 1.00. The third-order valence-corrected chi connectivity index (χ3v) is 14.0. The Kier molecular flexibility index (Phi) is 9.38. The molecular weight excluding hydrogens is 644 g/mol. The highest BCUT2D eigenvalue weighted by Gasteiger charge is 2.71. The second-order valence-electron chi connectivity index (χ2n) is 16.1. The Morgan fingerprint density at radius 2 is 1.69 bits per heavy atom. The van der Waals surface area contributed by atoms with E-state index >= 15 is 0 Å². The number of cyclic esters (lactones) is 1. The lowest BCUT2D eigenvalue weighted by Crippen LogP contribution is -2.69. The maximum atomic E-state index is 13.2. The zero-order chi connectivity index (χ0) is 35.1. The van der Waals surface area contributed by atoms with Crippen LogP contribution in [0, 0.1) is 28.6 Å². The van der Waals surface area contributed by atoms with Gasteiger partial charge in [-0.25, -0.2) is 4.79 Å². The third kappa shape index (κ3) is 5.47. The molecule has 7 rings (SSSR count). The number of carbonyl (C=O) groups excluding carboxylic acids is 2. The summed E-state index contributed by atoms with van der Waals surface area (Å²) in [7, 11) is 0. The summed E-state index contributed by atoms with van der Waals surface area (Å²) >= 11 is 0. The number of rotatable bonds is 7. The van der Waals surface area contributed by atoms with Gasteiger partial charge in [-0.05, 0) is 81.6 Å². The average molecular weight is 697 g/mol. The fourth-order valence-corrected chi connectivity index (χ4v) is 11.3. The van der Waals surface area contributed by atoms with Crippen molar-refractivity contribution in [2.24, 2.45) is 28.6 Å². The molecule has 6 fully saturated rings. The molecule has 3 aliphatic heterocycles. The van der Waals surface area contributed by atoms with Crippen molar-refractivity contribution in [3.63, 3.8) is 0 Å². The Labute approximate surface area is 285 Å². The largest absolute Gasteiger partial charge is 0.458 e. The van der Waals surface area contributed by atoms with E-state index in [9.17, 15) is 45.3 Å². The maximum absolute atomic E-state index is 13.2. The van der Waals surface area contributed by atoms with E-state index < -0.39 is 90.1 Å². The Bertz CT molecular complexity index is 1300. The molecule has 0 aromatic rings. The predicted octanol–water partition coefficient (Wildman–Crippen LogP) is -0.397. The molecule has 49 heavy (non-hydrogen) atoms. The first kappa shape index (κ1) is 35.8. The molecule has 3 heterocycles. The van der Waals surface area contributed by atoms with Crippen molar-refractivity contribution in [1.29, 1.82) is 0 Å². The summed E-state index contributed by atoms with van der Waals surface area (Å²) < 4.78 is 28.9. The van der Waals surface area contributed by atoms with Crippen molar-refractivity contribution < 1.29 is 69.0 Å². The summed E-state index contributed by atoms with van der Waals surface area (Å²) in [5, 5.41) is 75.9. The van der Waals surface area contributed by atoms with Crippen LogP contribution in [0.1, 0.15) is 78.1 Å². The maximum Gasteiger partial charge on any atom is 0.331 e. The molecular formula is C35H52O14. The molecule has 4 aliphatic carbocycles. The van der Waals surface area contributed by atoms with Crippen LogP contribution in [-0.2, 0) is 33.3 Å². The van der Waals surface area contributed by atoms with E-state index in [4.69, 9.17) is 23.7 Å². The van der Waals surface area contributed by atoms with Crippen LogP contribution >= 0.6 is 0 Å². The normalized spacial score (nSPS) is 54.3. The molecule has 14 heteroatoms. The Morgan fingerprint density at radius 3 is 2.37 bits per heavy atom. The lowest BCUT2D eigenvalue weighted by Gasteiger charge is -2.65. The smallest absolute Gasteiger partial charge is 0.331 e. The number of ether oxygens (including phenoxy) is 5. The van der Waals surface area contributed by atoms with Crippen LogP contribution in [0.4, 0.5) is 0 Å². The Hall–Kier alpha value is -1.56. The number of aliphatic hydroxyl groups is 7. The highest BCUT2D eigenvalue weighted by atomic mass is 16.7. The van der Waals surface area contributed by atoms with Crippen LogP contribution in [-0.4, -0.2) is 134 Å². The van der Waals surface area contributed by atoms with Gasteiger partial charge in [-0.2, -0.15) is 0 Å². The second kappa shape index (κ2) is 12.8. The van der Waals surface area contributed by atoms with Gasteiger partial charge in [0.1, 0.15) is 43.4 Å². The molecule has 2 saturated heterocycles. The molecule has 0 aromatic carbocycles. The van der Waals surface area contributed by atoms with E-state index in [0.717, 1.165) is 18.3 Å². The summed E-state index contributed by atoms with van der Waals surface area (Å²) in [6.07, 6.45) is -4.38. The van der Waals surface area contributed by atoms with Gasteiger partial charge in [-0.1, -0.05) is 6.92 Å². The molecule has 14 nitrogen and oxygen atoms in total. The van der Waals surface area contributed by atoms with E-state index in [2.05, 4.69) is 6.92 Å². The van der Waals surface area contributed by atoms with E-state index in [1.54, 1.807) is 13.0 Å². The van der Waals surface area contributed by atoms with Crippen molar-refractivity contribution in [2.75, 3.05) is 13.2 Å². The van der Waals surface area contributed by atoms with E-state index in [1.807, 2.05) is 0 Å². The number of aliphatic hydroxyl groups excluding tert-OH is 5. The second-order valence-corrected chi connectivity index (χ2v) is 16.1. The van der Waals surface area contributed by atoms with Gasteiger partial charge < -0.3 is 64.2 Å². The SMILES string of the molecule is C[C@H]1O[C@@H](O[C@@H]2CC[C@]3(C=O)[C@H]4CC[C@]5(C)[C@@H](C6=CC(=O)OC6)CC[C@]5(O)[C@@H]4CC[C@]3(O)C2)C[C@H](O)[C@H]1O[C@@H]1O[C@H](CO)[C@@H](O)[C@H](O)[C@H]1O. The quantitative estimate of drug-likeness (QED) is 0.102. The average Bonchev–Trinajstić information content (AvgIpc) is 3.61. The van der Waals surface area contributed by atoms with Crippen LogP contribution in [0.25, 0.3) is 0 Å². The number of fused-ring (bicyclic) bond motifs is 5. The molecule has 276 valence electrons. The molecule has 0 unspecified atom stereocenters. The minimum atomic E-state index is -1.62. The monoisotopic (exact) mass is 696 g/mol. The van der Waals surface area contributed by atoms with Gasteiger partial charge >= 0.3 is 5.97 Å². The molecule has 4 saturated carbocycles. The van der Waals surface area contributed by atoms with E-state index in [0.29, 0.717) is 44.9 Å². The van der Waals surface area contributed by atoms with Crippen molar-refractivity contribution in [3.8, 4) is 0 Å². The zero-order valence-electron chi connectivity index (χ0n) is 28.1. The van der Waals surface area contributed by atoms with E-state index in [-0.39, 0.29) is 43.2 Å². The van der Waals surface area contributed by atoms with Gasteiger partial charge in [0.2, 0.25) is 0 Å². The number of hydrogen-bond donors (Lipinski definition) is 7. The molecule has 7 aliphatic rings.